The summed E-state index contributed by atoms with van der Waals surface area (Å²) in [6.45, 7) is 4.17. The number of halogens is 2. The van der Waals surface area contributed by atoms with Crippen molar-refractivity contribution in [1.29, 1.82) is 0 Å². The molecule has 2 aromatic carbocycles. The minimum absolute atomic E-state index is 0. The standard InChI is InChI=1S/C27H25N3.2ClH.Fe.2Pr/c1-18-9-3-5-13-22(18)28-24-15-7-11-20-17-21-12-8-16-25(27(21)30-26(20)24)29-23-14-6-4-10-19(23)2;;;;;/h3-6,9-10,17H,7-8,11-12,15-16H2,1-2H3;2*1H;;;/q-2;;;+2;;/p-2. The third-order valence-corrected chi connectivity index (χ3v) is 6.01. The van der Waals surface area contributed by atoms with E-state index in [0.717, 1.165) is 83.8 Å². The molecule has 0 saturated heterocycles. The molecule has 5 rings (SSSR count). The zero-order valence-electron chi connectivity index (χ0n) is 19.9. The molecule has 8 heteroatoms. The van der Waals surface area contributed by atoms with Gasteiger partial charge in [-0.3, -0.25) is 9.98 Å². The first-order valence-corrected chi connectivity index (χ1v) is 14.1. The molecule has 0 aliphatic heterocycles. The third-order valence-electron chi connectivity index (χ3n) is 6.01. The van der Waals surface area contributed by atoms with Crippen molar-refractivity contribution in [2.24, 2.45) is 9.98 Å². The van der Waals surface area contributed by atoms with Gasteiger partial charge in [-0.1, -0.05) is 19.9 Å². The maximum Gasteiger partial charge on any atom is 0 e. The number of aryl methyl sites for hydroxylation is 4. The normalized spacial score (nSPS) is 16.3. The summed E-state index contributed by atoms with van der Waals surface area (Å²) in [5.41, 5.74) is 11.1. The fraction of sp³-hybridized carbons (Fsp3) is 0.296. The van der Waals surface area contributed by atoms with Gasteiger partial charge in [0.2, 0.25) is 0 Å². The molecule has 3 aromatic rings. The van der Waals surface area contributed by atoms with E-state index in [2.05, 4.69) is 44.2 Å². The molecule has 1 aromatic heterocycles. The van der Waals surface area contributed by atoms with Gasteiger partial charge in [0.15, 0.2) is 0 Å². The Morgan fingerprint density at radius 1 is 0.771 bits per heavy atom. The summed E-state index contributed by atoms with van der Waals surface area (Å²) in [5.74, 6) is 0. The van der Waals surface area contributed by atoms with E-state index in [1.807, 2.05) is 24.3 Å². The van der Waals surface area contributed by atoms with Crippen LogP contribution in [0, 0.1) is 109 Å². The smallest absolute Gasteiger partial charge is 0 e. The quantitative estimate of drug-likeness (QED) is 0.195. The molecule has 0 unspecified atom stereocenters. The SMILES string of the molecule is Cc1ccc[c-]c1N=C1CCCc2cc3c(nc21)C(=Nc1[c-]cccc1C)CCC3.[Cl][Fe][Cl].[Pr].[Pr]. The van der Waals surface area contributed by atoms with Crippen LogP contribution < -0.4 is 0 Å². The van der Waals surface area contributed by atoms with Gasteiger partial charge in [0.25, 0.3) is 0 Å². The largest absolute Gasteiger partial charge is 0 e. The molecule has 2 radical (unpaired) electrons. The maximum atomic E-state index is 5.18. The molecule has 0 bridgehead atoms. The van der Waals surface area contributed by atoms with E-state index >= 15 is 0 Å². The number of aromatic nitrogens is 1. The first-order valence-electron chi connectivity index (χ1n) is 11.1. The predicted octanol–water partition coefficient (Wildman–Crippen LogP) is 7.59. The van der Waals surface area contributed by atoms with Crippen molar-refractivity contribution in [2.75, 3.05) is 0 Å². The Morgan fingerprint density at radius 2 is 1.20 bits per heavy atom. The van der Waals surface area contributed by atoms with Crippen molar-refractivity contribution in [3.05, 3.63) is 88.2 Å². The molecule has 2 aliphatic rings. The Balaban J connectivity index is 0.000000823. The molecule has 35 heavy (non-hydrogen) atoms. The molecule has 3 nitrogen and oxygen atoms in total. The molecule has 1 heterocycles. The van der Waals surface area contributed by atoms with Gasteiger partial charge in [0.1, 0.15) is 0 Å². The van der Waals surface area contributed by atoms with E-state index in [9.17, 15) is 0 Å². The summed E-state index contributed by atoms with van der Waals surface area (Å²) < 4.78 is 0. The van der Waals surface area contributed by atoms with Crippen molar-refractivity contribution in [3.63, 3.8) is 0 Å². The Bertz CT molecular complexity index is 1130. The van der Waals surface area contributed by atoms with Gasteiger partial charge in [0, 0.05) is 82.6 Å². The summed E-state index contributed by atoms with van der Waals surface area (Å²) in [6.07, 6.45) is 6.31. The van der Waals surface area contributed by atoms with E-state index in [1.165, 1.54) is 11.1 Å². The topological polar surface area (TPSA) is 37.6 Å². The molecule has 0 amide bonds. The van der Waals surface area contributed by atoms with Gasteiger partial charge in [-0.2, -0.15) is 48.5 Å². The van der Waals surface area contributed by atoms with Crippen LogP contribution in [0.3, 0.4) is 0 Å². The number of nitrogens with zero attached hydrogens (tertiary/aromatic N) is 3. The Morgan fingerprint density at radius 3 is 1.60 bits per heavy atom. The fourth-order valence-electron chi connectivity index (χ4n) is 4.37. The van der Waals surface area contributed by atoms with Crippen LogP contribution in [-0.4, -0.2) is 16.4 Å². The van der Waals surface area contributed by atoms with Crippen molar-refractivity contribution in [3.8, 4) is 0 Å². The van der Waals surface area contributed by atoms with E-state index in [4.69, 9.17) is 35.2 Å². The minimum atomic E-state index is 0. The zero-order chi connectivity index (χ0) is 23.2. The summed E-state index contributed by atoms with van der Waals surface area (Å²) in [5, 5.41) is 0. The third kappa shape index (κ3) is 8.37. The first kappa shape index (κ1) is 32.0. The zero-order valence-corrected chi connectivity index (χ0v) is 29.9. The van der Waals surface area contributed by atoms with E-state index in [1.54, 1.807) is 0 Å². The van der Waals surface area contributed by atoms with Gasteiger partial charge in [0.05, 0.1) is 22.8 Å². The molecule has 178 valence electrons. The van der Waals surface area contributed by atoms with E-state index < -0.39 is 0 Å². The monoisotopic (exact) mass is 799 g/mol. The number of rotatable bonds is 2. The predicted molar refractivity (Wildman–Crippen MR) is 134 cm³/mol. The van der Waals surface area contributed by atoms with Crippen LogP contribution in [-0.2, 0) is 26.0 Å². The van der Waals surface area contributed by atoms with Crippen LogP contribution in [0.2, 0.25) is 0 Å². The van der Waals surface area contributed by atoms with Crippen molar-refractivity contribution < 1.29 is 95.7 Å². The minimum Gasteiger partial charge on any atom is 0 e. The van der Waals surface area contributed by atoms with Gasteiger partial charge < -0.3 is 0 Å². The van der Waals surface area contributed by atoms with Gasteiger partial charge in [-0.05, 0) is 61.0 Å². The van der Waals surface area contributed by atoms with E-state index in [-0.39, 0.29) is 95.7 Å². The summed E-state index contributed by atoms with van der Waals surface area (Å²) in [7, 11) is 9.53. The van der Waals surface area contributed by atoms with Crippen LogP contribution in [0.1, 0.15) is 59.3 Å². The number of pyridine rings is 1. The first-order chi connectivity index (χ1) is 16.1. The average molecular weight is 800 g/mol. The van der Waals surface area contributed by atoms with Crippen LogP contribution in [0.15, 0.2) is 52.4 Å². The number of hydrogen-bond donors (Lipinski definition) is 0. The molecular formula is C27H25Cl2FeN3Pr2-2. The summed E-state index contributed by atoms with van der Waals surface area (Å²) >= 11 is 0.194. The summed E-state index contributed by atoms with van der Waals surface area (Å²) in [4.78, 5) is 15.1. The molecule has 0 atom stereocenters. The molecule has 2 aliphatic carbocycles. The number of para-hydroxylation sites is 2. The number of benzene rings is 2. The van der Waals surface area contributed by atoms with E-state index in [0.29, 0.717) is 0 Å². The number of aliphatic imine (C=N–C) groups is 2. The molecule has 0 saturated carbocycles. The van der Waals surface area contributed by atoms with Crippen LogP contribution in [0.25, 0.3) is 0 Å². The van der Waals surface area contributed by atoms with Crippen LogP contribution in [0.4, 0.5) is 11.4 Å². The second kappa shape index (κ2) is 16.0. The molecular weight excluding hydrogens is 775 g/mol. The molecule has 0 spiro atoms. The fourth-order valence-corrected chi connectivity index (χ4v) is 4.37. The van der Waals surface area contributed by atoms with Gasteiger partial charge >= 0.3 is 33.3 Å². The Kier molecular flexibility index (Phi) is 14.6. The summed E-state index contributed by atoms with van der Waals surface area (Å²) in [6, 6.07) is 21.0. The van der Waals surface area contributed by atoms with Gasteiger partial charge in [-0.25, -0.2) is 4.98 Å². The van der Waals surface area contributed by atoms with Crippen LogP contribution in [0.5, 0.6) is 0 Å². The Hall–Kier alpha value is 0.757. The van der Waals surface area contributed by atoms with Gasteiger partial charge in [-0.15, -0.1) is 11.1 Å². The van der Waals surface area contributed by atoms with Crippen LogP contribution >= 0.6 is 20.2 Å². The second-order valence-corrected chi connectivity index (χ2v) is 10.1. The van der Waals surface area contributed by atoms with Crippen molar-refractivity contribution in [2.45, 2.75) is 52.4 Å². The maximum absolute atomic E-state index is 5.18. The van der Waals surface area contributed by atoms with Crippen molar-refractivity contribution in [1.82, 2.24) is 4.98 Å². The Labute approximate surface area is 289 Å². The average Bonchev–Trinajstić information content (AvgIpc) is 2.82. The molecule has 0 N–H and O–H groups in total. The second-order valence-electron chi connectivity index (χ2n) is 8.28. The number of fused-ring (bicyclic) bond motifs is 2. The van der Waals surface area contributed by atoms with Crippen molar-refractivity contribution >= 4 is 43.0 Å². The molecule has 0 fully saturated rings. The number of hydrogen-bond acceptors (Lipinski definition) is 3.